The molecule has 218 valence electrons. The van der Waals surface area contributed by atoms with Crippen LogP contribution in [0.15, 0.2) is 23.0 Å². The number of furan rings is 1. The smallest absolute Gasteiger partial charge is 0.340 e. The summed E-state index contributed by atoms with van der Waals surface area (Å²) in [7, 11) is 1.32. The molecule has 10 heteroatoms. The second-order valence-corrected chi connectivity index (χ2v) is 13.5. The zero-order valence-electron chi connectivity index (χ0n) is 24.1. The molecule has 2 saturated carbocycles. The van der Waals surface area contributed by atoms with Gasteiger partial charge in [-0.15, -0.1) is 0 Å². The molecule has 1 aliphatic heterocycles. The molecule has 2 bridgehead atoms. The number of hydrogen-bond donors (Lipinski definition) is 2. The molecule has 0 amide bonds. The number of rotatable bonds is 4. The van der Waals surface area contributed by atoms with Crippen molar-refractivity contribution in [2.24, 2.45) is 16.7 Å². The zero-order valence-corrected chi connectivity index (χ0v) is 24.1. The van der Waals surface area contributed by atoms with E-state index in [2.05, 4.69) is 0 Å². The quantitative estimate of drug-likeness (QED) is 0.417. The van der Waals surface area contributed by atoms with Crippen molar-refractivity contribution in [1.29, 1.82) is 0 Å². The Morgan fingerprint density at radius 3 is 2.59 bits per heavy atom. The Balaban J connectivity index is 1.57. The van der Waals surface area contributed by atoms with Crippen LogP contribution in [0.25, 0.3) is 0 Å². The van der Waals surface area contributed by atoms with Crippen LogP contribution in [0, 0.1) is 23.7 Å². The topological polar surface area (TPSA) is 145 Å². The molecule has 4 aliphatic carbocycles. The standard InChI is InChI=1S/C31H35NO9/c1-14-20-22-21-17(7-9-27(22,3)24(41-25(20)35)16-8-10-39-12-16)29(5)18(11-19(34)38-6)28(4)13-30(29,36)31(37,23(21)32-14)26(28)40-15(2)33/h8,10,12,17-18,24,26,36-37H,7,9,11,13H2,1-6H3/t17-,18-,24-,26-,27+,28+,29+,30+,31+/m0/s1. The van der Waals surface area contributed by atoms with E-state index in [4.69, 9.17) is 23.6 Å². The third kappa shape index (κ3) is 2.72. The van der Waals surface area contributed by atoms with E-state index >= 15 is 0 Å². The lowest BCUT2D eigenvalue weighted by Crippen LogP contribution is -2.73. The van der Waals surface area contributed by atoms with E-state index in [-0.39, 0.29) is 24.5 Å². The molecule has 5 aliphatic rings. The largest absolute Gasteiger partial charge is 0.472 e. The van der Waals surface area contributed by atoms with Gasteiger partial charge < -0.3 is 28.8 Å². The van der Waals surface area contributed by atoms with Crippen molar-refractivity contribution >= 4 is 17.9 Å². The fraction of sp³-hybridized carbons (Fsp3) is 0.613. The molecule has 0 saturated heterocycles. The summed E-state index contributed by atoms with van der Waals surface area (Å²) in [5.74, 6) is -2.42. The molecule has 0 aromatic carbocycles. The number of hydrogen-bond acceptors (Lipinski definition) is 10. The van der Waals surface area contributed by atoms with Crippen LogP contribution in [-0.4, -0.2) is 51.9 Å². The summed E-state index contributed by atoms with van der Waals surface area (Å²) in [6, 6.07) is 1.78. The molecular formula is C31H35NO9. The van der Waals surface area contributed by atoms with E-state index in [0.717, 1.165) is 11.1 Å². The number of cyclic esters (lactones) is 1. The maximum absolute atomic E-state index is 13.6. The van der Waals surface area contributed by atoms with Crippen LogP contribution in [-0.2, 0) is 34.8 Å². The van der Waals surface area contributed by atoms with Crippen molar-refractivity contribution < 1.29 is 43.2 Å². The average molecular weight is 566 g/mol. The van der Waals surface area contributed by atoms with Crippen molar-refractivity contribution in [1.82, 2.24) is 4.98 Å². The van der Waals surface area contributed by atoms with Gasteiger partial charge in [-0.3, -0.25) is 14.6 Å². The van der Waals surface area contributed by atoms with Gasteiger partial charge in [-0.1, -0.05) is 20.8 Å². The monoisotopic (exact) mass is 565 g/mol. The van der Waals surface area contributed by atoms with Crippen LogP contribution in [0.4, 0.5) is 0 Å². The minimum Gasteiger partial charge on any atom is -0.472 e. The highest BCUT2D eigenvalue weighted by Gasteiger charge is 2.88. The van der Waals surface area contributed by atoms with Gasteiger partial charge in [0.05, 0.1) is 36.6 Å². The zero-order chi connectivity index (χ0) is 29.5. The van der Waals surface area contributed by atoms with Gasteiger partial charge in [0.1, 0.15) is 17.8 Å². The SMILES string of the molecule is COC(=O)C[C@H]1[C@@]2(C)C[C@@]3(O)[C@]1(C)[C@H]1CC[C@]4(C)c5c(c(C)nc(c51)[C@@]3(O)[C@H]2OC(C)=O)C(=O)O[C@H]4c1ccoc1. The number of carbonyl (C=O) groups excluding carboxylic acids is 3. The lowest BCUT2D eigenvalue weighted by atomic mass is 9.42. The first-order valence-corrected chi connectivity index (χ1v) is 14.2. The fourth-order valence-corrected chi connectivity index (χ4v) is 10.2. The number of nitrogens with zero attached hydrogens (tertiary/aromatic N) is 1. The Morgan fingerprint density at radius 1 is 1.22 bits per heavy atom. The Hall–Kier alpha value is -3.24. The van der Waals surface area contributed by atoms with Gasteiger partial charge >= 0.3 is 17.9 Å². The minimum atomic E-state index is -2.08. The fourth-order valence-electron chi connectivity index (χ4n) is 10.2. The normalized spacial score (nSPS) is 42.9. The van der Waals surface area contributed by atoms with Gasteiger partial charge in [-0.2, -0.15) is 0 Å². The number of carbonyl (C=O) groups is 3. The highest BCUT2D eigenvalue weighted by atomic mass is 16.6. The molecule has 3 heterocycles. The van der Waals surface area contributed by atoms with E-state index in [9.17, 15) is 24.6 Å². The Bertz CT molecular complexity index is 1530. The number of ether oxygens (including phenoxy) is 3. The Labute approximate surface area is 237 Å². The third-order valence-electron chi connectivity index (χ3n) is 11.8. The van der Waals surface area contributed by atoms with Crippen molar-refractivity contribution in [2.45, 2.75) is 95.0 Å². The molecule has 0 unspecified atom stereocenters. The molecule has 0 spiro atoms. The van der Waals surface area contributed by atoms with Gasteiger partial charge in [0.15, 0.2) is 5.60 Å². The predicted molar refractivity (Wildman–Crippen MR) is 141 cm³/mol. The van der Waals surface area contributed by atoms with Crippen LogP contribution in [0.1, 0.15) is 104 Å². The molecule has 10 nitrogen and oxygen atoms in total. The molecule has 9 atom stereocenters. The number of pyridine rings is 1. The highest BCUT2D eigenvalue weighted by molar-refractivity contribution is 5.95. The van der Waals surface area contributed by atoms with Gasteiger partial charge in [-0.05, 0) is 55.2 Å². The summed E-state index contributed by atoms with van der Waals surface area (Å²) in [4.78, 5) is 43.8. The highest BCUT2D eigenvalue weighted by Crippen LogP contribution is 2.82. The number of methoxy groups -OCH3 is 1. The first kappa shape index (κ1) is 26.6. The van der Waals surface area contributed by atoms with Crippen molar-refractivity contribution in [3.05, 3.63) is 52.2 Å². The third-order valence-corrected chi connectivity index (χ3v) is 11.8. The van der Waals surface area contributed by atoms with Gasteiger partial charge in [0.2, 0.25) is 0 Å². The molecule has 2 aromatic heterocycles. The molecule has 2 N–H and O–H groups in total. The van der Waals surface area contributed by atoms with Crippen molar-refractivity contribution in [2.75, 3.05) is 7.11 Å². The minimum absolute atomic E-state index is 0.0239. The van der Waals surface area contributed by atoms with Crippen molar-refractivity contribution in [3.63, 3.8) is 0 Å². The first-order chi connectivity index (χ1) is 19.2. The second-order valence-electron chi connectivity index (χ2n) is 13.5. The summed E-state index contributed by atoms with van der Waals surface area (Å²) in [6.45, 7) is 8.82. The summed E-state index contributed by atoms with van der Waals surface area (Å²) >= 11 is 0. The Morgan fingerprint density at radius 2 is 1.95 bits per heavy atom. The molecule has 2 aromatic rings. The molecular weight excluding hydrogens is 530 g/mol. The van der Waals surface area contributed by atoms with Crippen LogP contribution in [0.2, 0.25) is 0 Å². The van der Waals surface area contributed by atoms with Crippen LogP contribution in [0.5, 0.6) is 0 Å². The lowest BCUT2D eigenvalue weighted by molar-refractivity contribution is -0.285. The molecule has 7 rings (SSSR count). The summed E-state index contributed by atoms with van der Waals surface area (Å²) in [5, 5.41) is 25.7. The number of aromatic nitrogens is 1. The maximum atomic E-state index is 13.6. The number of esters is 3. The average Bonchev–Trinajstić information content (AvgIpc) is 3.55. The van der Waals surface area contributed by atoms with E-state index < -0.39 is 63.5 Å². The number of aliphatic hydroxyl groups is 2. The van der Waals surface area contributed by atoms with E-state index in [0.29, 0.717) is 29.7 Å². The molecule has 41 heavy (non-hydrogen) atoms. The first-order valence-electron chi connectivity index (χ1n) is 14.2. The second kappa shape index (κ2) is 7.77. The van der Waals surface area contributed by atoms with E-state index in [1.54, 1.807) is 25.5 Å². The molecule has 2 fully saturated rings. The van der Waals surface area contributed by atoms with Crippen LogP contribution in [0.3, 0.4) is 0 Å². The predicted octanol–water partition coefficient (Wildman–Crippen LogP) is 3.50. The maximum Gasteiger partial charge on any atom is 0.340 e. The molecule has 0 radical (unpaired) electrons. The van der Waals surface area contributed by atoms with Crippen molar-refractivity contribution in [3.8, 4) is 0 Å². The summed E-state index contributed by atoms with van der Waals surface area (Å²) in [5.41, 5.74) is -3.39. The van der Waals surface area contributed by atoms with E-state index in [1.807, 2.05) is 20.8 Å². The lowest BCUT2D eigenvalue weighted by Gasteiger charge is -2.65. The van der Waals surface area contributed by atoms with Gasteiger partial charge in [0, 0.05) is 35.2 Å². The summed E-state index contributed by atoms with van der Waals surface area (Å²) < 4.78 is 22.4. The van der Waals surface area contributed by atoms with Crippen LogP contribution >= 0.6 is 0 Å². The number of aryl methyl sites for hydroxylation is 1. The van der Waals surface area contributed by atoms with Gasteiger partial charge in [-0.25, -0.2) is 4.79 Å². The van der Waals surface area contributed by atoms with Crippen LogP contribution < -0.4 is 0 Å². The summed E-state index contributed by atoms with van der Waals surface area (Å²) in [6.07, 6.45) is 2.58. The Kier molecular flexibility index (Phi) is 5.05. The van der Waals surface area contributed by atoms with Gasteiger partial charge in [0.25, 0.3) is 0 Å². The van der Waals surface area contributed by atoms with E-state index in [1.165, 1.54) is 14.0 Å². The number of fused-ring (bicyclic) bond motifs is 3.